The van der Waals surface area contributed by atoms with Crippen LogP contribution in [0.2, 0.25) is 0 Å². The van der Waals surface area contributed by atoms with Crippen LogP contribution < -0.4 is 0 Å². The molecule has 19 heavy (non-hydrogen) atoms. The van der Waals surface area contributed by atoms with Crippen LogP contribution in [0.15, 0.2) is 35.9 Å². The third-order valence-corrected chi connectivity index (χ3v) is 2.94. The standard InChI is InChI=1S/C16H20N2O/c1-4-13-7-5-8-14(11-13)9-6-10-15(12-17)16(19)18(2)3/h5,7-8,10-11H,4,6,9H2,1-3H3/b15-10+. The number of benzene rings is 1. The van der Waals surface area contributed by atoms with Crippen molar-refractivity contribution in [3.8, 4) is 6.07 Å². The number of allylic oxidation sites excluding steroid dienone is 1. The number of hydrogen-bond acceptors (Lipinski definition) is 2. The van der Waals surface area contributed by atoms with Gasteiger partial charge in [-0.25, -0.2) is 0 Å². The van der Waals surface area contributed by atoms with Gasteiger partial charge in [-0.2, -0.15) is 5.26 Å². The van der Waals surface area contributed by atoms with E-state index in [4.69, 9.17) is 5.26 Å². The minimum atomic E-state index is -0.232. The summed E-state index contributed by atoms with van der Waals surface area (Å²) in [6.07, 6.45) is 4.29. The summed E-state index contributed by atoms with van der Waals surface area (Å²) in [6.45, 7) is 2.13. The first-order chi connectivity index (χ1) is 9.08. The van der Waals surface area contributed by atoms with Crippen molar-refractivity contribution >= 4 is 5.91 Å². The lowest BCUT2D eigenvalue weighted by molar-refractivity contribution is -0.124. The van der Waals surface area contributed by atoms with Crippen LogP contribution in [0.5, 0.6) is 0 Å². The lowest BCUT2D eigenvalue weighted by atomic mass is 10.0. The topological polar surface area (TPSA) is 44.1 Å². The summed E-state index contributed by atoms with van der Waals surface area (Å²) >= 11 is 0. The Hall–Kier alpha value is -2.08. The van der Waals surface area contributed by atoms with Crippen LogP contribution in [0, 0.1) is 11.3 Å². The van der Waals surface area contributed by atoms with Crippen LogP contribution in [0.25, 0.3) is 0 Å². The molecule has 1 rings (SSSR count). The van der Waals surface area contributed by atoms with Gasteiger partial charge in [0.1, 0.15) is 11.6 Å². The zero-order valence-electron chi connectivity index (χ0n) is 11.8. The number of nitrogens with zero attached hydrogens (tertiary/aromatic N) is 2. The third-order valence-electron chi connectivity index (χ3n) is 2.94. The van der Waals surface area contributed by atoms with Gasteiger partial charge in [0.05, 0.1) is 0 Å². The molecule has 0 radical (unpaired) electrons. The van der Waals surface area contributed by atoms with Crippen molar-refractivity contribution in [1.82, 2.24) is 4.90 Å². The van der Waals surface area contributed by atoms with Crippen molar-refractivity contribution in [2.45, 2.75) is 26.2 Å². The highest BCUT2D eigenvalue weighted by Gasteiger charge is 2.09. The quantitative estimate of drug-likeness (QED) is 0.600. The highest BCUT2D eigenvalue weighted by Crippen LogP contribution is 2.10. The molecule has 1 aromatic rings. The van der Waals surface area contributed by atoms with Crippen molar-refractivity contribution in [2.24, 2.45) is 0 Å². The van der Waals surface area contributed by atoms with E-state index in [1.165, 1.54) is 16.0 Å². The molecule has 0 aliphatic heterocycles. The van der Waals surface area contributed by atoms with Gasteiger partial charge in [-0.05, 0) is 30.4 Å². The van der Waals surface area contributed by atoms with Gasteiger partial charge in [0.15, 0.2) is 0 Å². The van der Waals surface area contributed by atoms with E-state index in [0.717, 1.165) is 12.8 Å². The second-order valence-electron chi connectivity index (χ2n) is 4.64. The van der Waals surface area contributed by atoms with Gasteiger partial charge in [-0.3, -0.25) is 4.79 Å². The summed E-state index contributed by atoms with van der Waals surface area (Å²) in [5, 5.41) is 8.96. The fourth-order valence-electron chi connectivity index (χ4n) is 1.81. The average Bonchev–Trinajstić information content (AvgIpc) is 2.43. The molecule has 0 atom stereocenters. The van der Waals surface area contributed by atoms with Crippen LogP contribution in [0.3, 0.4) is 0 Å². The molecule has 0 bridgehead atoms. The molecular weight excluding hydrogens is 236 g/mol. The van der Waals surface area contributed by atoms with Crippen molar-refractivity contribution in [3.63, 3.8) is 0 Å². The largest absolute Gasteiger partial charge is 0.344 e. The highest BCUT2D eigenvalue weighted by atomic mass is 16.2. The van der Waals surface area contributed by atoms with Crippen LogP contribution in [0.4, 0.5) is 0 Å². The second-order valence-corrected chi connectivity index (χ2v) is 4.64. The maximum absolute atomic E-state index is 11.7. The first-order valence-corrected chi connectivity index (χ1v) is 6.48. The number of carbonyl (C=O) groups excluding carboxylic acids is 1. The van der Waals surface area contributed by atoms with Crippen LogP contribution >= 0.6 is 0 Å². The summed E-state index contributed by atoms with van der Waals surface area (Å²) < 4.78 is 0. The lowest BCUT2D eigenvalue weighted by Gasteiger charge is -2.08. The zero-order chi connectivity index (χ0) is 14.3. The van der Waals surface area contributed by atoms with Gasteiger partial charge in [-0.1, -0.05) is 37.3 Å². The molecular formula is C16H20N2O. The van der Waals surface area contributed by atoms with E-state index in [9.17, 15) is 4.79 Å². The van der Waals surface area contributed by atoms with Gasteiger partial charge in [0, 0.05) is 14.1 Å². The molecule has 100 valence electrons. The van der Waals surface area contributed by atoms with Crippen molar-refractivity contribution < 1.29 is 4.79 Å². The number of aryl methyl sites for hydroxylation is 2. The fourth-order valence-corrected chi connectivity index (χ4v) is 1.81. The Morgan fingerprint density at radius 3 is 2.63 bits per heavy atom. The van der Waals surface area contributed by atoms with Crippen LogP contribution in [-0.2, 0) is 17.6 Å². The number of nitriles is 1. The van der Waals surface area contributed by atoms with Gasteiger partial charge in [0.25, 0.3) is 5.91 Å². The third kappa shape index (κ3) is 4.59. The first kappa shape index (κ1) is 15.0. The molecule has 1 aromatic carbocycles. The smallest absolute Gasteiger partial charge is 0.263 e. The Bertz CT molecular complexity index is 510. The normalized spacial score (nSPS) is 10.9. The summed E-state index contributed by atoms with van der Waals surface area (Å²) in [4.78, 5) is 13.1. The molecule has 0 aromatic heterocycles. The number of hydrogen-bond donors (Lipinski definition) is 0. The monoisotopic (exact) mass is 256 g/mol. The molecule has 0 aliphatic carbocycles. The lowest BCUT2D eigenvalue weighted by Crippen LogP contribution is -2.22. The van der Waals surface area contributed by atoms with Gasteiger partial charge < -0.3 is 4.90 Å². The Morgan fingerprint density at radius 2 is 2.05 bits per heavy atom. The number of amides is 1. The summed E-state index contributed by atoms with van der Waals surface area (Å²) in [5.74, 6) is -0.232. The van der Waals surface area contributed by atoms with Gasteiger partial charge in [-0.15, -0.1) is 0 Å². The van der Waals surface area contributed by atoms with E-state index in [-0.39, 0.29) is 11.5 Å². The van der Waals surface area contributed by atoms with E-state index in [1.54, 1.807) is 20.2 Å². The summed E-state index contributed by atoms with van der Waals surface area (Å²) in [7, 11) is 3.30. The Morgan fingerprint density at radius 1 is 1.37 bits per heavy atom. The fraction of sp³-hybridized carbons (Fsp3) is 0.375. The minimum absolute atomic E-state index is 0.219. The molecule has 0 heterocycles. The molecule has 0 unspecified atom stereocenters. The molecule has 0 spiro atoms. The molecule has 0 fully saturated rings. The highest BCUT2D eigenvalue weighted by molar-refractivity contribution is 5.96. The maximum Gasteiger partial charge on any atom is 0.263 e. The maximum atomic E-state index is 11.7. The van der Waals surface area contributed by atoms with Crippen molar-refractivity contribution in [3.05, 3.63) is 47.0 Å². The van der Waals surface area contributed by atoms with Gasteiger partial charge >= 0.3 is 0 Å². The molecule has 0 N–H and O–H groups in total. The van der Waals surface area contributed by atoms with Crippen LogP contribution in [0.1, 0.15) is 24.5 Å². The van der Waals surface area contributed by atoms with Crippen molar-refractivity contribution in [2.75, 3.05) is 14.1 Å². The van der Waals surface area contributed by atoms with Crippen molar-refractivity contribution in [1.29, 1.82) is 5.26 Å². The molecule has 0 aliphatic rings. The molecule has 1 amide bonds. The number of carbonyl (C=O) groups is 1. The minimum Gasteiger partial charge on any atom is -0.344 e. The van der Waals surface area contributed by atoms with E-state index in [0.29, 0.717) is 6.42 Å². The molecule has 3 heteroatoms. The van der Waals surface area contributed by atoms with E-state index < -0.39 is 0 Å². The molecule has 0 saturated carbocycles. The van der Waals surface area contributed by atoms with E-state index in [1.807, 2.05) is 12.1 Å². The summed E-state index contributed by atoms with van der Waals surface area (Å²) in [6, 6.07) is 10.4. The molecule has 0 saturated heterocycles. The SMILES string of the molecule is CCc1cccc(CC/C=C(\C#N)C(=O)N(C)C)c1. The van der Waals surface area contributed by atoms with E-state index in [2.05, 4.69) is 25.1 Å². The van der Waals surface area contributed by atoms with Gasteiger partial charge in [0.2, 0.25) is 0 Å². The second kappa shape index (κ2) is 7.38. The Labute approximate surface area is 115 Å². The van der Waals surface area contributed by atoms with Crippen LogP contribution in [-0.4, -0.2) is 24.9 Å². The first-order valence-electron chi connectivity index (χ1n) is 6.48. The van der Waals surface area contributed by atoms with E-state index >= 15 is 0 Å². The number of rotatable bonds is 5. The predicted octanol–water partition coefficient (Wildman–Crippen LogP) is 2.72. The Balaban J connectivity index is 2.65. The zero-order valence-corrected chi connectivity index (χ0v) is 11.8. The average molecular weight is 256 g/mol. The number of likely N-dealkylation sites (N-methyl/N-ethyl adjacent to an activating group) is 1. The molecule has 3 nitrogen and oxygen atoms in total. The summed E-state index contributed by atoms with van der Waals surface area (Å²) in [5.41, 5.74) is 2.77. The predicted molar refractivity (Wildman–Crippen MR) is 76.5 cm³/mol. The Kier molecular flexibility index (Phi) is 5.81.